The molecule has 1 aliphatic heterocycles. The molecule has 0 aliphatic carbocycles. The van der Waals surface area contributed by atoms with E-state index in [4.69, 9.17) is 5.73 Å². The summed E-state index contributed by atoms with van der Waals surface area (Å²) in [5.41, 5.74) is 5.78. The van der Waals surface area contributed by atoms with Crippen LogP contribution < -0.4 is 5.73 Å². The van der Waals surface area contributed by atoms with Crippen molar-refractivity contribution in [1.29, 1.82) is 0 Å². The fourth-order valence-corrected chi connectivity index (χ4v) is 3.39. The van der Waals surface area contributed by atoms with Crippen molar-refractivity contribution in [1.82, 2.24) is 14.1 Å². The molecule has 0 aromatic carbocycles. The Hall–Kier alpha value is -0.630. The average Bonchev–Trinajstić information content (AvgIpc) is 2.65. The van der Waals surface area contributed by atoms with Crippen LogP contribution in [0, 0.1) is 0 Å². The van der Waals surface area contributed by atoms with Crippen LogP contribution in [0.3, 0.4) is 0 Å². The lowest BCUT2D eigenvalue weighted by molar-refractivity contribution is 0.316. The Morgan fingerprint density at radius 2 is 2.24 bits per heavy atom. The molecule has 0 amide bonds. The Morgan fingerprint density at radius 1 is 1.53 bits per heavy atom. The number of hydrogen-bond acceptors (Lipinski definition) is 4. The van der Waals surface area contributed by atoms with Gasteiger partial charge in [-0.25, -0.2) is 8.42 Å². The maximum absolute atomic E-state index is 12.2. The summed E-state index contributed by atoms with van der Waals surface area (Å²) in [7, 11) is -1.71. The average molecular weight is 281 g/mol. The molecule has 98 valence electrons. The van der Waals surface area contributed by atoms with Crippen molar-refractivity contribution in [3.63, 3.8) is 0 Å². The smallest absolute Gasteiger partial charge is 0.246 e. The van der Waals surface area contributed by atoms with Crippen LogP contribution in [0.2, 0.25) is 0 Å². The van der Waals surface area contributed by atoms with E-state index in [2.05, 4.69) is 5.10 Å². The highest BCUT2D eigenvalue weighted by atomic mass is 35.5. The number of halogens is 1. The number of sulfonamides is 1. The van der Waals surface area contributed by atoms with E-state index in [0.29, 0.717) is 13.1 Å². The molecule has 1 aliphatic rings. The van der Waals surface area contributed by atoms with Crippen LogP contribution in [0.5, 0.6) is 0 Å². The SMILES string of the molecule is Cl.Cn1cc(S(=O)(=O)N2CCC[C@@H](N)C2)cn1. The molecular formula is C9H17ClN4O2S. The van der Waals surface area contributed by atoms with Crippen LogP contribution in [-0.4, -0.2) is 41.6 Å². The third-order valence-corrected chi connectivity index (χ3v) is 4.56. The van der Waals surface area contributed by atoms with E-state index >= 15 is 0 Å². The Balaban J connectivity index is 0.00000144. The summed E-state index contributed by atoms with van der Waals surface area (Å²) in [4.78, 5) is 0.240. The normalized spacial score (nSPS) is 22.1. The third-order valence-electron chi connectivity index (χ3n) is 2.74. The number of rotatable bonds is 2. The minimum atomic E-state index is -3.40. The van der Waals surface area contributed by atoms with Crippen molar-refractivity contribution in [2.24, 2.45) is 12.8 Å². The monoisotopic (exact) mass is 280 g/mol. The van der Waals surface area contributed by atoms with Gasteiger partial charge in [0.15, 0.2) is 0 Å². The summed E-state index contributed by atoms with van der Waals surface area (Å²) in [6.07, 6.45) is 4.59. The van der Waals surface area contributed by atoms with Crippen LogP contribution in [0.4, 0.5) is 0 Å². The summed E-state index contributed by atoms with van der Waals surface area (Å²) in [5, 5.41) is 3.88. The summed E-state index contributed by atoms with van der Waals surface area (Å²) in [5.74, 6) is 0. The molecule has 2 rings (SSSR count). The molecule has 1 aromatic rings. The zero-order valence-corrected chi connectivity index (χ0v) is 11.2. The van der Waals surface area contributed by atoms with E-state index in [1.54, 1.807) is 7.05 Å². The zero-order chi connectivity index (χ0) is 11.8. The Morgan fingerprint density at radius 3 is 2.76 bits per heavy atom. The quantitative estimate of drug-likeness (QED) is 0.824. The van der Waals surface area contributed by atoms with E-state index in [9.17, 15) is 8.42 Å². The molecule has 2 heterocycles. The predicted octanol–water partition coefficient (Wildman–Crippen LogP) is -0.0463. The van der Waals surface area contributed by atoms with Gasteiger partial charge in [-0.05, 0) is 12.8 Å². The predicted molar refractivity (Wildman–Crippen MR) is 66.4 cm³/mol. The van der Waals surface area contributed by atoms with Crippen LogP contribution in [-0.2, 0) is 17.1 Å². The van der Waals surface area contributed by atoms with Gasteiger partial charge in [-0.3, -0.25) is 4.68 Å². The Bertz CT molecular complexity index is 473. The Labute approximate surface area is 107 Å². The van der Waals surface area contributed by atoms with Crippen molar-refractivity contribution in [2.45, 2.75) is 23.8 Å². The van der Waals surface area contributed by atoms with E-state index in [0.717, 1.165) is 12.8 Å². The highest BCUT2D eigenvalue weighted by Crippen LogP contribution is 2.19. The zero-order valence-electron chi connectivity index (χ0n) is 9.61. The molecule has 6 nitrogen and oxygen atoms in total. The van der Waals surface area contributed by atoms with Gasteiger partial charge < -0.3 is 5.73 Å². The fourth-order valence-electron chi connectivity index (χ4n) is 1.87. The highest BCUT2D eigenvalue weighted by molar-refractivity contribution is 7.89. The van der Waals surface area contributed by atoms with Crippen LogP contribution >= 0.6 is 12.4 Å². The molecule has 0 saturated carbocycles. The second-order valence-electron chi connectivity index (χ2n) is 4.12. The largest absolute Gasteiger partial charge is 0.327 e. The molecule has 0 spiro atoms. The van der Waals surface area contributed by atoms with E-state index < -0.39 is 10.0 Å². The van der Waals surface area contributed by atoms with Crippen LogP contribution in [0.25, 0.3) is 0 Å². The molecule has 0 radical (unpaired) electrons. The number of aromatic nitrogens is 2. The van der Waals surface area contributed by atoms with Crippen molar-refractivity contribution in [3.05, 3.63) is 12.4 Å². The highest BCUT2D eigenvalue weighted by Gasteiger charge is 2.29. The van der Waals surface area contributed by atoms with Crippen molar-refractivity contribution in [3.8, 4) is 0 Å². The molecule has 1 aromatic heterocycles. The van der Waals surface area contributed by atoms with E-state index in [-0.39, 0.29) is 23.3 Å². The van der Waals surface area contributed by atoms with Gasteiger partial charge >= 0.3 is 0 Å². The lowest BCUT2D eigenvalue weighted by Gasteiger charge is -2.29. The van der Waals surface area contributed by atoms with Crippen LogP contribution in [0.15, 0.2) is 17.3 Å². The minimum absolute atomic E-state index is 0. The maximum atomic E-state index is 12.2. The fraction of sp³-hybridized carbons (Fsp3) is 0.667. The molecular weight excluding hydrogens is 264 g/mol. The second kappa shape index (κ2) is 5.34. The van der Waals surface area contributed by atoms with Crippen molar-refractivity contribution < 1.29 is 8.42 Å². The first-order chi connectivity index (χ1) is 7.50. The number of nitrogens with zero attached hydrogens (tertiary/aromatic N) is 3. The van der Waals surface area contributed by atoms with Gasteiger partial charge in [-0.2, -0.15) is 9.40 Å². The molecule has 1 saturated heterocycles. The lowest BCUT2D eigenvalue weighted by atomic mass is 10.1. The third kappa shape index (κ3) is 2.98. The molecule has 2 N–H and O–H groups in total. The van der Waals surface area contributed by atoms with Crippen molar-refractivity contribution >= 4 is 22.4 Å². The molecule has 1 fully saturated rings. The number of nitrogens with two attached hydrogens (primary N) is 1. The first kappa shape index (κ1) is 14.4. The van der Waals surface area contributed by atoms with E-state index in [1.165, 1.54) is 21.4 Å². The Kier molecular flexibility index (Phi) is 4.54. The topological polar surface area (TPSA) is 81.2 Å². The van der Waals surface area contributed by atoms with Gasteiger partial charge in [0, 0.05) is 32.4 Å². The van der Waals surface area contributed by atoms with Crippen LogP contribution in [0.1, 0.15) is 12.8 Å². The standard InChI is InChI=1S/C9H16N4O2S.ClH/c1-12-7-9(5-11-12)16(14,15)13-4-2-3-8(10)6-13;/h5,7-8H,2-4,6,10H2,1H3;1H/t8-;/m1./s1. The summed E-state index contributed by atoms with van der Waals surface area (Å²) in [6.45, 7) is 0.947. The number of piperidine rings is 1. The molecule has 8 heteroatoms. The maximum Gasteiger partial charge on any atom is 0.246 e. The summed E-state index contributed by atoms with van der Waals surface area (Å²) < 4.78 is 27.3. The molecule has 17 heavy (non-hydrogen) atoms. The number of aryl methyl sites for hydroxylation is 1. The number of hydrogen-bond donors (Lipinski definition) is 1. The van der Waals surface area contributed by atoms with E-state index in [1.807, 2.05) is 0 Å². The summed E-state index contributed by atoms with van der Waals surface area (Å²) in [6, 6.07) is -0.0554. The lowest BCUT2D eigenvalue weighted by Crippen LogP contribution is -2.45. The van der Waals surface area contributed by atoms with Gasteiger partial charge in [0.2, 0.25) is 10.0 Å². The van der Waals surface area contributed by atoms with Gasteiger partial charge in [-0.1, -0.05) is 0 Å². The second-order valence-corrected chi connectivity index (χ2v) is 6.05. The van der Waals surface area contributed by atoms with Crippen molar-refractivity contribution in [2.75, 3.05) is 13.1 Å². The van der Waals surface area contributed by atoms with Gasteiger partial charge in [-0.15, -0.1) is 12.4 Å². The molecule has 0 bridgehead atoms. The van der Waals surface area contributed by atoms with Gasteiger partial charge in [0.1, 0.15) is 4.90 Å². The molecule has 0 unspecified atom stereocenters. The molecule has 1 atom stereocenters. The first-order valence-electron chi connectivity index (χ1n) is 5.24. The first-order valence-corrected chi connectivity index (χ1v) is 6.68. The minimum Gasteiger partial charge on any atom is -0.327 e. The van der Waals surface area contributed by atoms with Gasteiger partial charge in [0.05, 0.1) is 6.20 Å². The summed E-state index contributed by atoms with van der Waals surface area (Å²) >= 11 is 0. The van der Waals surface area contributed by atoms with Gasteiger partial charge in [0.25, 0.3) is 0 Å².